The van der Waals surface area contributed by atoms with E-state index in [2.05, 4.69) is 60.2 Å². The van der Waals surface area contributed by atoms with Gasteiger partial charge in [0.15, 0.2) is 0 Å². The van der Waals surface area contributed by atoms with Crippen LogP contribution >= 0.6 is 0 Å². The highest BCUT2D eigenvalue weighted by atomic mass is 15.3. The van der Waals surface area contributed by atoms with Crippen LogP contribution in [-0.4, -0.2) is 50.2 Å². The van der Waals surface area contributed by atoms with Gasteiger partial charge in [-0.25, -0.2) is 0 Å². The van der Waals surface area contributed by atoms with E-state index >= 15 is 0 Å². The maximum atomic E-state index is 3.49. The van der Waals surface area contributed by atoms with Crippen LogP contribution in [0, 0.1) is 6.92 Å². The number of nitrogens with one attached hydrogen (secondary N) is 1. The standard InChI is InChI=1S/C17H29N3/c1-4-16(14-18-5-2)19-9-11-20(12-10-19)17-8-6-7-15(3)13-17/h6-8,13,16,18H,4-5,9-12,14H2,1-3H3. The molecule has 1 aromatic rings. The number of piperazine rings is 1. The largest absolute Gasteiger partial charge is 0.369 e. The number of anilines is 1. The van der Waals surface area contributed by atoms with E-state index in [4.69, 9.17) is 0 Å². The molecule has 1 aliphatic heterocycles. The van der Waals surface area contributed by atoms with Gasteiger partial charge in [-0.1, -0.05) is 26.0 Å². The molecular weight excluding hydrogens is 246 g/mol. The first kappa shape index (κ1) is 15.3. The third-order valence-electron chi connectivity index (χ3n) is 4.30. The van der Waals surface area contributed by atoms with E-state index in [1.807, 2.05) is 0 Å². The summed E-state index contributed by atoms with van der Waals surface area (Å²) in [6.45, 7) is 13.5. The Bertz CT molecular complexity index is 397. The summed E-state index contributed by atoms with van der Waals surface area (Å²) in [5.41, 5.74) is 2.73. The Labute approximate surface area is 124 Å². The molecule has 3 nitrogen and oxygen atoms in total. The average molecular weight is 275 g/mol. The van der Waals surface area contributed by atoms with Gasteiger partial charge in [0, 0.05) is 44.5 Å². The lowest BCUT2D eigenvalue weighted by atomic mass is 10.1. The maximum Gasteiger partial charge on any atom is 0.0369 e. The van der Waals surface area contributed by atoms with Crippen molar-refractivity contribution in [2.45, 2.75) is 33.2 Å². The summed E-state index contributed by atoms with van der Waals surface area (Å²) in [4.78, 5) is 5.17. The van der Waals surface area contributed by atoms with Crippen molar-refractivity contribution in [2.75, 3.05) is 44.2 Å². The molecule has 2 rings (SSSR count). The number of benzene rings is 1. The molecule has 0 spiro atoms. The van der Waals surface area contributed by atoms with Gasteiger partial charge in [0.2, 0.25) is 0 Å². The average Bonchev–Trinajstić information content (AvgIpc) is 2.49. The quantitative estimate of drug-likeness (QED) is 0.860. The Morgan fingerprint density at radius 1 is 1.15 bits per heavy atom. The summed E-state index contributed by atoms with van der Waals surface area (Å²) < 4.78 is 0. The highest BCUT2D eigenvalue weighted by Gasteiger charge is 2.22. The number of aryl methyl sites for hydroxylation is 1. The Kier molecular flexibility index (Phi) is 5.86. The first-order valence-corrected chi connectivity index (χ1v) is 8.01. The Morgan fingerprint density at radius 2 is 1.90 bits per heavy atom. The highest BCUT2D eigenvalue weighted by Crippen LogP contribution is 2.19. The number of hydrogen-bond acceptors (Lipinski definition) is 3. The number of rotatable bonds is 6. The molecule has 0 radical (unpaired) electrons. The minimum atomic E-state index is 0.689. The van der Waals surface area contributed by atoms with Gasteiger partial charge in [0.05, 0.1) is 0 Å². The van der Waals surface area contributed by atoms with Crippen LogP contribution < -0.4 is 10.2 Å². The molecule has 1 fully saturated rings. The molecule has 1 unspecified atom stereocenters. The third kappa shape index (κ3) is 3.97. The van der Waals surface area contributed by atoms with Crippen molar-refractivity contribution in [3.8, 4) is 0 Å². The summed E-state index contributed by atoms with van der Waals surface area (Å²) in [6, 6.07) is 9.56. The first-order valence-electron chi connectivity index (χ1n) is 8.01. The zero-order valence-electron chi connectivity index (χ0n) is 13.2. The summed E-state index contributed by atoms with van der Waals surface area (Å²) >= 11 is 0. The number of likely N-dealkylation sites (N-methyl/N-ethyl adjacent to an activating group) is 1. The molecule has 1 heterocycles. The predicted octanol–water partition coefficient (Wildman–Crippen LogP) is 2.51. The molecule has 20 heavy (non-hydrogen) atoms. The third-order valence-corrected chi connectivity index (χ3v) is 4.30. The van der Waals surface area contributed by atoms with Crippen LogP contribution in [0.1, 0.15) is 25.8 Å². The van der Waals surface area contributed by atoms with Gasteiger partial charge < -0.3 is 10.2 Å². The fraction of sp³-hybridized carbons (Fsp3) is 0.647. The van der Waals surface area contributed by atoms with Crippen molar-refractivity contribution in [2.24, 2.45) is 0 Å². The topological polar surface area (TPSA) is 18.5 Å². The van der Waals surface area contributed by atoms with Gasteiger partial charge in [-0.15, -0.1) is 0 Å². The van der Waals surface area contributed by atoms with Crippen LogP contribution in [-0.2, 0) is 0 Å². The number of nitrogens with zero attached hydrogens (tertiary/aromatic N) is 2. The fourth-order valence-corrected chi connectivity index (χ4v) is 3.01. The summed E-state index contributed by atoms with van der Waals surface area (Å²) in [6.07, 6.45) is 1.23. The Balaban J connectivity index is 1.88. The van der Waals surface area contributed by atoms with Gasteiger partial charge in [-0.2, -0.15) is 0 Å². The first-order chi connectivity index (χ1) is 9.74. The molecule has 1 saturated heterocycles. The van der Waals surface area contributed by atoms with Gasteiger partial charge in [-0.05, 0) is 37.6 Å². The van der Waals surface area contributed by atoms with Gasteiger partial charge in [0.25, 0.3) is 0 Å². The van der Waals surface area contributed by atoms with Crippen molar-refractivity contribution in [3.05, 3.63) is 29.8 Å². The zero-order chi connectivity index (χ0) is 14.4. The second kappa shape index (κ2) is 7.65. The molecule has 0 amide bonds. The van der Waals surface area contributed by atoms with Crippen LogP contribution in [0.4, 0.5) is 5.69 Å². The smallest absolute Gasteiger partial charge is 0.0369 e. The highest BCUT2D eigenvalue weighted by molar-refractivity contribution is 5.48. The van der Waals surface area contributed by atoms with E-state index in [1.54, 1.807) is 0 Å². The lowest BCUT2D eigenvalue weighted by molar-refractivity contribution is 0.177. The van der Waals surface area contributed by atoms with E-state index < -0.39 is 0 Å². The van der Waals surface area contributed by atoms with Gasteiger partial charge >= 0.3 is 0 Å². The van der Waals surface area contributed by atoms with Crippen molar-refractivity contribution in [1.29, 1.82) is 0 Å². The molecular formula is C17H29N3. The molecule has 0 aliphatic carbocycles. The minimum Gasteiger partial charge on any atom is -0.369 e. The molecule has 1 aliphatic rings. The number of hydrogen-bond donors (Lipinski definition) is 1. The van der Waals surface area contributed by atoms with Crippen LogP contribution in [0.2, 0.25) is 0 Å². The molecule has 112 valence electrons. The van der Waals surface area contributed by atoms with Crippen molar-refractivity contribution in [1.82, 2.24) is 10.2 Å². The normalized spacial score (nSPS) is 18.2. The SMILES string of the molecule is CCNCC(CC)N1CCN(c2cccc(C)c2)CC1. The van der Waals surface area contributed by atoms with Gasteiger partial charge in [-0.3, -0.25) is 4.90 Å². The fourth-order valence-electron chi connectivity index (χ4n) is 3.01. The Hall–Kier alpha value is -1.06. The second-order valence-electron chi connectivity index (χ2n) is 5.73. The van der Waals surface area contributed by atoms with Crippen molar-refractivity contribution >= 4 is 5.69 Å². The van der Waals surface area contributed by atoms with E-state index in [0.29, 0.717) is 6.04 Å². The van der Waals surface area contributed by atoms with Crippen LogP contribution in [0.15, 0.2) is 24.3 Å². The maximum absolute atomic E-state index is 3.49. The molecule has 0 saturated carbocycles. The van der Waals surface area contributed by atoms with E-state index in [9.17, 15) is 0 Å². The van der Waals surface area contributed by atoms with Gasteiger partial charge in [0.1, 0.15) is 0 Å². The van der Waals surface area contributed by atoms with Crippen LogP contribution in [0.5, 0.6) is 0 Å². The summed E-state index contributed by atoms with van der Waals surface area (Å²) in [5, 5.41) is 3.49. The van der Waals surface area contributed by atoms with E-state index in [-0.39, 0.29) is 0 Å². The molecule has 1 N–H and O–H groups in total. The molecule has 0 aromatic heterocycles. The Morgan fingerprint density at radius 3 is 2.50 bits per heavy atom. The summed E-state index contributed by atoms with van der Waals surface area (Å²) in [7, 11) is 0. The minimum absolute atomic E-state index is 0.689. The van der Waals surface area contributed by atoms with Crippen LogP contribution in [0.3, 0.4) is 0 Å². The van der Waals surface area contributed by atoms with Crippen molar-refractivity contribution < 1.29 is 0 Å². The lowest BCUT2D eigenvalue weighted by Crippen LogP contribution is -2.52. The lowest BCUT2D eigenvalue weighted by Gasteiger charge is -2.40. The predicted molar refractivity (Wildman–Crippen MR) is 87.6 cm³/mol. The monoisotopic (exact) mass is 275 g/mol. The van der Waals surface area contributed by atoms with Crippen LogP contribution in [0.25, 0.3) is 0 Å². The van der Waals surface area contributed by atoms with Crippen molar-refractivity contribution in [3.63, 3.8) is 0 Å². The van der Waals surface area contributed by atoms with E-state index in [1.165, 1.54) is 30.8 Å². The molecule has 1 atom stereocenters. The molecule has 0 bridgehead atoms. The molecule has 1 aromatic carbocycles. The molecule has 3 heteroatoms. The second-order valence-corrected chi connectivity index (χ2v) is 5.73. The van der Waals surface area contributed by atoms with E-state index in [0.717, 1.165) is 26.2 Å². The summed E-state index contributed by atoms with van der Waals surface area (Å²) in [5.74, 6) is 0. The zero-order valence-corrected chi connectivity index (χ0v) is 13.2.